The molecule has 8 heteroatoms. The summed E-state index contributed by atoms with van der Waals surface area (Å²) in [4.78, 5) is 42.0. The number of amides is 1. The molecule has 0 radical (unpaired) electrons. The monoisotopic (exact) mass is 534 g/mol. The molecule has 1 saturated heterocycles. The molecule has 1 fully saturated rings. The van der Waals surface area contributed by atoms with Crippen LogP contribution in [-0.2, 0) is 32.0 Å². The number of para-hydroxylation sites is 1. The number of hydrogen-bond donors (Lipinski definition) is 0. The summed E-state index contributed by atoms with van der Waals surface area (Å²) in [6.07, 6.45) is 1.39. The summed E-state index contributed by atoms with van der Waals surface area (Å²) in [6, 6.07) is 14.9. The molecule has 0 N–H and O–H groups in total. The van der Waals surface area contributed by atoms with Gasteiger partial charge in [0.2, 0.25) is 5.91 Å². The van der Waals surface area contributed by atoms with Crippen molar-refractivity contribution in [2.24, 2.45) is 5.92 Å². The number of hydrogen-bond acceptors (Lipinski definition) is 6. The number of ether oxygens (including phenoxy) is 3. The summed E-state index contributed by atoms with van der Waals surface area (Å²) in [7, 11) is 1.59. The van der Waals surface area contributed by atoms with E-state index in [2.05, 4.69) is 0 Å². The predicted octanol–water partition coefficient (Wildman–Crippen LogP) is 5.73. The summed E-state index contributed by atoms with van der Waals surface area (Å²) in [5.74, 6) is -0.512. The van der Waals surface area contributed by atoms with Crippen molar-refractivity contribution in [3.8, 4) is 5.75 Å². The van der Waals surface area contributed by atoms with Gasteiger partial charge in [0.05, 0.1) is 18.5 Å². The van der Waals surface area contributed by atoms with E-state index in [9.17, 15) is 14.4 Å². The normalized spacial score (nSPS) is 19.5. The Labute approximate surface area is 229 Å². The molecule has 2 unspecified atom stereocenters. The molecular formula is C31H38N2O6. The Morgan fingerprint density at radius 2 is 1.54 bits per heavy atom. The molecule has 3 aromatic rings. The number of carbonyl (C=O) groups is 3. The van der Waals surface area contributed by atoms with Crippen LogP contribution in [0.3, 0.4) is 0 Å². The third-order valence-electron chi connectivity index (χ3n) is 6.93. The maximum atomic E-state index is 14.0. The van der Waals surface area contributed by atoms with Crippen LogP contribution in [0.25, 0.3) is 10.9 Å². The Balaban J connectivity index is 1.79. The molecule has 0 saturated carbocycles. The highest BCUT2D eigenvalue weighted by atomic mass is 16.6. The van der Waals surface area contributed by atoms with Gasteiger partial charge in [0.25, 0.3) is 0 Å². The van der Waals surface area contributed by atoms with Crippen molar-refractivity contribution in [3.05, 3.63) is 65.9 Å². The highest BCUT2D eigenvalue weighted by Gasteiger charge is 2.64. The van der Waals surface area contributed by atoms with Crippen molar-refractivity contribution < 1.29 is 28.6 Å². The van der Waals surface area contributed by atoms with Crippen LogP contribution in [0, 0.1) is 5.92 Å². The molecule has 208 valence electrons. The number of rotatable bonds is 6. The van der Waals surface area contributed by atoms with Crippen LogP contribution in [0.1, 0.15) is 59.6 Å². The molecule has 1 amide bonds. The predicted molar refractivity (Wildman–Crippen MR) is 149 cm³/mol. The molecule has 1 aromatic heterocycles. The number of carbonyl (C=O) groups excluding carboxylic acids is 3. The zero-order valence-corrected chi connectivity index (χ0v) is 24.0. The minimum absolute atomic E-state index is 0.132. The first-order valence-electron chi connectivity index (χ1n) is 13.2. The van der Waals surface area contributed by atoms with Gasteiger partial charge >= 0.3 is 12.1 Å². The van der Waals surface area contributed by atoms with E-state index in [1.807, 2.05) is 90.1 Å². The number of likely N-dealkylation sites (tertiary alicyclic amines) is 1. The van der Waals surface area contributed by atoms with Crippen LogP contribution in [0.2, 0.25) is 0 Å². The number of methoxy groups -OCH3 is 1. The van der Waals surface area contributed by atoms with E-state index in [-0.39, 0.29) is 18.9 Å². The van der Waals surface area contributed by atoms with Crippen LogP contribution in [-0.4, -0.2) is 51.3 Å². The van der Waals surface area contributed by atoms with Crippen molar-refractivity contribution in [1.29, 1.82) is 0 Å². The van der Waals surface area contributed by atoms with Crippen molar-refractivity contribution in [2.45, 2.75) is 78.2 Å². The highest BCUT2D eigenvalue weighted by molar-refractivity contribution is 6.02. The molecule has 2 heterocycles. The second kappa shape index (κ2) is 10.1. The molecule has 39 heavy (non-hydrogen) atoms. The molecule has 8 nitrogen and oxygen atoms in total. The number of nitrogens with zero attached hydrogens (tertiary/aromatic N) is 2. The van der Waals surface area contributed by atoms with Crippen molar-refractivity contribution in [1.82, 2.24) is 9.47 Å². The van der Waals surface area contributed by atoms with E-state index in [0.717, 1.165) is 16.5 Å². The Morgan fingerprint density at radius 3 is 2.13 bits per heavy atom. The number of aromatic nitrogens is 1. The van der Waals surface area contributed by atoms with Crippen LogP contribution in [0.4, 0.5) is 4.79 Å². The first-order valence-corrected chi connectivity index (χ1v) is 13.2. The summed E-state index contributed by atoms with van der Waals surface area (Å²) < 4.78 is 18.3. The molecule has 0 bridgehead atoms. The fraction of sp³-hybridized carbons (Fsp3) is 0.452. The fourth-order valence-corrected chi connectivity index (χ4v) is 5.05. The first-order chi connectivity index (χ1) is 18.2. The van der Waals surface area contributed by atoms with Crippen LogP contribution < -0.4 is 4.74 Å². The van der Waals surface area contributed by atoms with Crippen molar-refractivity contribution >= 4 is 28.9 Å². The maximum Gasteiger partial charge on any atom is 0.419 e. The Kier molecular flexibility index (Phi) is 7.27. The lowest BCUT2D eigenvalue weighted by atomic mass is 9.69. The minimum Gasteiger partial charge on any atom is -0.497 e. The molecule has 2 atom stereocenters. The van der Waals surface area contributed by atoms with E-state index in [0.29, 0.717) is 11.3 Å². The molecule has 2 aromatic carbocycles. The van der Waals surface area contributed by atoms with Crippen LogP contribution >= 0.6 is 0 Å². The zero-order valence-electron chi connectivity index (χ0n) is 24.0. The molecule has 4 rings (SSSR count). The standard InChI is InChI=1S/C31H38N2O6/c1-20-26(34)33(18-21-13-15-23(37-8)16-14-21)31(20,27(35)38-29(2,3)4)17-22-19-32(28(36)39-30(5,6)7)25-12-10-9-11-24(22)25/h9-16,19-20H,17-18H2,1-8H3. The second-order valence-electron chi connectivity index (χ2n) is 12.1. The van der Waals surface area contributed by atoms with E-state index in [1.165, 1.54) is 4.57 Å². The average molecular weight is 535 g/mol. The Morgan fingerprint density at radius 1 is 0.923 bits per heavy atom. The van der Waals surface area contributed by atoms with E-state index in [1.54, 1.807) is 25.1 Å². The van der Waals surface area contributed by atoms with E-state index >= 15 is 0 Å². The van der Waals surface area contributed by atoms with Gasteiger partial charge in [-0.25, -0.2) is 9.59 Å². The van der Waals surface area contributed by atoms with Gasteiger partial charge in [-0.15, -0.1) is 0 Å². The van der Waals surface area contributed by atoms with Gasteiger partial charge in [0, 0.05) is 24.5 Å². The minimum atomic E-state index is -1.26. The van der Waals surface area contributed by atoms with Crippen molar-refractivity contribution in [3.63, 3.8) is 0 Å². The summed E-state index contributed by atoms with van der Waals surface area (Å²) in [5.41, 5.74) is -0.404. The largest absolute Gasteiger partial charge is 0.497 e. The van der Waals surface area contributed by atoms with Gasteiger partial charge in [-0.3, -0.25) is 9.36 Å². The van der Waals surface area contributed by atoms with E-state index < -0.39 is 34.7 Å². The topological polar surface area (TPSA) is 87.1 Å². The van der Waals surface area contributed by atoms with Crippen LogP contribution in [0.15, 0.2) is 54.7 Å². The molecule has 1 aliphatic heterocycles. The third kappa shape index (κ3) is 5.51. The lowest BCUT2D eigenvalue weighted by Crippen LogP contribution is -2.75. The Bertz CT molecular complexity index is 1390. The van der Waals surface area contributed by atoms with Gasteiger partial charge in [-0.2, -0.15) is 0 Å². The maximum absolute atomic E-state index is 14.0. The first kappa shape index (κ1) is 28.2. The van der Waals surface area contributed by atoms with Crippen LogP contribution in [0.5, 0.6) is 5.75 Å². The average Bonchev–Trinajstić information content (AvgIpc) is 3.22. The van der Waals surface area contributed by atoms with Gasteiger partial charge in [0.1, 0.15) is 17.0 Å². The summed E-state index contributed by atoms with van der Waals surface area (Å²) >= 11 is 0. The molecular weight excluding hydrogens is 496 g/mol. The van der Waals surface area contributed by atoms with Gasteiger partial charge < -0.3 is 19.1 Å². The second-order valence-corrected chi connectivity index (χ2v) is 12.1. The van der Waals surface area contributed by atoms with Gasteiger partial charge in [0.15, 0.2) is 5.54 Å². The number of β-lactam (4-membered cyclic amide) rings is 1. The molecule has 0 aliphatic carbocycles. The lowest BCUT2D eigenvalue weighted by Gasteiger charge is -2.55. The molecule has 0 spiro atoms. The van der Waals surface area contributed by atoms with E-state index in [4.69, 9.17) is 14.2 Å². The SMILES string of the molecule is COc1ccc(CN2C(=O)C(C)C2(Cc2cn(C(=O)OC(C)(C)C)c3ccccc23)C(=O)OC(C)(C)C)cc1. The fourth-order valence-electron chi connectivity index (χ4n) is 5.05. The number of fused-ring (bicyclic) bond motifs is 1. The molecule has 1 aliphatic rings. The summed E-state index contributed by atoms with van der Waals surface area (Å²) in [5, 5.41) is 0.808. The third-order valence-corrected chi connectivity index (χ3v) is 6.93. The number of benzene rings is 2. The smallest absolute Gasteiger partial charge is 0.419 e. The Hall–Kier alpha value is -3.81. The van der Waals surface area contributed by atoms with Gasteiger partial charge in [-0.05, 0) is 70.9 Å². The lowest BCUT2D eigenvalue weighted by molar-refractivity contribution is -0.198. The zero-order chi connectivity index (χ0) is 28.8. The number of esters is 1. The highest BCUT2D eigenvalue weighted by Crippen LogP contribution is 2.45. The summed E-state index contributed by atoms with van der Waals surface area (Å²) in [6.45, 7) is 12.9. The van der Waals surface area contributed by atoms with Crippen molar-refractivity contribution in [2.75, 3.05) is 7.11 Å². The van der Waals surface area contributed by atoms with Gasteiger partial charge in [-0.1, -0.05) is 37.3 Å². The quantitative estimate of drug-likeness (QED) is 0.296.